The second-order valence-corrected chi connectivity index (χ2v) is 25.6. The van der Waals surface area contributed by atoms with Gasteiger partial charge in [-0.3, -0.25) is 4.79 Å². The number of nitrogens with zero attached hydrogens (tertiary/aromatic N) is 2. The van der Waals surface area contributed by atoms with Gasteiger partial charge in [0.2, 0.25) is 0 Å². The molecule has 6 rings (SSSR count). The first-order valence-corrected chi connectivity index (χ1v) is 25.0. The van der Waals surface area contributed by atoms with Gasteiger partial charge in [0.25, 0.3) is 0 Å². The number of hydrogen-bond acceptors (Lipinski definition) is 5. The number of hydrogen-bond donors (Lipinski definition) is 1. The largest absolute Gasteiger partial charge is 0 e. The predicted molar refractivity (Wildman–Crippen MR) is 209 cm³/mol. The number of aliphatic hydroxyl groups is 1. The van der Waals surface area contributed by atoms with Gasteiger partial charge in [-0.25, -0.2) is 0 Å². The zero-order chi connectivity index (χ0) is 35.7. The first kappa shape index (κ1) is 39.5. The number of ketones is 1. The normalized spacial score (nSPS) is 12.6. The molecule has 7 heteroatoms. The Labute approximate surface area is 313 Å². The van der Waals surface area contributed by atoms with Crippen molar-refractivity contribution < 1.29 is 34.4 Å². The van der Waals surface area contributed by atoms with Gasteiger partial charge in [0, 0.05) is 37.0 Å². The summed E-state index contributed by atoms with van der Waals surface area (Å²) in [6, 6.07) is 24.7. The van der Waals surface area contributed by atoms with E-state index >= 15 is 0 Å². The van der Waals surface area contributed by atoms with Crippen LogP contribution in [0.15, 0.2) is 83.2 Å². The van der Waals surface area contributed by atoms with Gasteiger partial charge in [-0.1, -0.05) is 53.7 Å². The van der Waals surface area contributed by atoms with E-state index < -0.39 is 13.3 Å². The summed E-state index contributed by atoms with van der Waals surface area (Å²) in [5.41, 5.74) is 5.10. The third-order valence-corrected chi connectivity index (χ3v) is 15.2. The molecule has 50 heavy (non-hydrogen) atoms. The molecule has 0 atom stereocenters. The fourth-order valence-electron chi connectivity index (χ4n) is 6.38. The van der Waals surface area contributed by atoms with E-state index in [0.717, 1.165) is 69.8 Å². The van der Waals surface area contributed by atoms with Crippen molar-refractivity contribution >= 4 is 67.1 Å². The molecular weight excluding hydrogens is 857 g/mol. The Balaban J connectivity index is 0.000000269. The zero-order valence-electron chi connectivity index (χ0n) is 31.2. The molecule has 1 N–H and O–H groups in total. The maximum atomic E-state index is 12.2. The van der Waals surface area contributed by atoms with E-state index in [1.165, 1.54) is 26.8 Å². The number of benzene rings is 4. The zero-order valence-corrected chi connectivity index (χ0v) is 35.7. The molecule has 4 aromatic carbocycles. The summed E-state index contributed by atoms with van der Waals surface area (Å²) >= 11 is -1.94. The molecule has 5 nitrogen and oxygen atoms in total. The predicted octanol–water partition coefficient (Wildman–Crippen LogP) is 11.7. The first-order valence-electron chi connectivity index (χ1n) is 17.7. The molecule has 2 aromatic heterocycles. The molecule has 0 amide bonds. The number of aromatic nitrogens is 2. The molecule has 0 aliphatic rings. The maximum absolute atomic E-state index is 12.2. The summed E-state index contributed by atoms with van der Waals surface area (Å²) in [6.07, 6.45) is 6.42. The van der Waals surface area contributed by atoms with Crippen molar-refractivity contribution in [2.24, 2.45) is 10.8 Å². The molecule has 6 aromatic rings. The van der Waals surface area contributed by atoms with E-state index in [1.807, 2.05) is 65.8 Å². The van der Waals surface area contributed by atoms with Crippen LogP contribution in [0.5, 0.6) is 0 Å². The van der Waals surface area contributed by atoms with E-state index in [1.54, 1.807) is 6.33 Å². The van der Waals surface area contributed by atoms with Crippen LogP contribution in [0.3, 0.4) is 0 Å². The third-order valence-electron chi connectivity index (χ3n) is 11.0. The molecule has 0 fully saturated rings. The van der Waals surface area contributed by atoms with Gasteiger partial charge in [-0.05, 0) is 25.7 Å². The Bertz CT molecular complexity index is 2190. The SMILES string of the molecule is CCC(C)(CC)C(=O)/C=C(\O)C(C)(CC)CC.Cc1c[c]([Ge]([CH3])([CH3])[CH3])cc2ccc3c(-c4[c-]ccc5c4oc4ccccc45)ncnc3c12.[Ir]. The van der Waals surface area contributed by atoms with Crippen LogP contribution in [0.2, 0.25) is 17.3 Å². The van der Waals surface area contributed by atoms with Gasteiger partial charge in [0.1, 0.15) is 5.76 Å². The van der Waals surface area contributed by atoms with Crippen LogP contribution in [-0.4, -0.2) is 34.1 Å². The molecule has 0 aliphatic heterocycles. The van der Waals surface area contributed by atoms with Crippen LogP contribution in [-0.2, 0) is 24.9 Å². The van der Waals surface area contributed by atoms with Gasteiger partial charge >= 0.3 is 178 Å². The van der Waals surface area contributed by atoms with Crippen LogP contribution in [0.25, 0.3) is 54.9 Å². The van der Waals surface area contributed by atoms with Gasteiger partial charge in [-0.15, -0.1) is 0 Å². The molecular formula is C43H51GeIrN2O3-. The fraction of sp³-hybridized carbons (Fsp3) is 0.372. The van der Waals surface area contributed by atoms with Crippen molar-refractivity contribution in [1.82, 2.24) is 9.97 Å². The molecule has 0 saturated carbocycles. The Morgan fingerprint density at radius 3 is 2.18 bits per heavy atom. The number of allylic oxidation sites excluding steroid dienone is 2. The smallest absolute Gasteiger partial charge is 0 e. The van der Waals surface area contributed by atoms with Crippen LogP contribution < -0.4 is 4.40 Å². The van der Waals surface area contributed by atoms with E-state index in [-0.39, 0.29) is 42.5 Å². The molecule has 0 bridgehead atoms. The van der Waals surface area contributed by atoms with Crippen LogP contribution in [0.1, 0.15) is 72.8 Å². The average Bonchev–Trinajstić information content (AvgIpc) is 3.49. The fourth-order valence-corrected chi connectivity index (χ4v) is 8.97. The Morgan fingerprint density at radius 2 is 1.54 bits per heavy atom. The van der Waals surface area contributed by atoms with E-state index in [0.29, 0.717) is 0 Å². The van der Waals surface area contributed by atoms with Gasteiger partial charge in [-0.2, -0.15) is 0 Å². The molecule has 2 heterocycles. The number of para-hydroxylation sites is 1. The second kappa shape index (κ2) is 15.5. The summed E-state index contributed by atoms with van der Waals surface area (Å²) in [6.45, 7) is 14.3. The Kier molecular flexibility index (Phi) is 12.2. The van der Waals surface area contributed by atoms with Gasteiger partial charge < -0.3 is 5.11 Å². The third kappa shape index (κ3) is 7.49. The van der Waals surface area contributed by atoms with Crippen LogP contribution in [0.4, 0.5) is 0 Å². The van der Waals surface area contributed by atoms with Crippen molar-refractivity contribution in [3.05, 3.63) is 90.5 Å². The number of carbonyl (C=O) groups excluding carboxylic acids is 1. The molecule has 0 unspecified atom stereocenters. The minimum atomic E-state index is -1.94. The maximum Gasteiger partial charge on any atom is 0 e. The van der Waals surface area contributed by atoms with Crippen molar-refractivity contribution in [3.8, 4) is 11.3 Å². The summed E-state index contributed by atoms with van der Waals surface area (Å²) in [7, 11) is 0. The van der Waals surface area contributed by atoms with Crippen LogP contribution in [0, 0.1) is 23.8 Å². The minimum Gasteiger partial charge on any atom is 0 e. The first-order chi connectivity index (χ1) is 23.2. The molecule has 265 valence electrons. The standard InChI is InChI=1S/C28H23GeN2O.C15H28O2.Ir/c1-17-14-19(29(2,3)4)15-18-12-13-22-26(30-16-31-27(22)25(17)18)23-10-7-9-21-20-8-5-6-11-24(20)32-28(21)23;1-7-14(5,8-2)12(16)11-13(17)15(6,9-3)10-4;/h5-9,11-16H,1-4H3;11,16H,7-10H2,1-6H3;/q-1;;/b;12-11-;. The van der Waals surface area contributed by atoms with Gasteiger partial charge in [0.05, 0.1) is 0 Å². The summed E-state index contributed by atoms with van der Waals surface area (Å²) in [5.74, 6) is 7.59. The Morgan fingerprint density at radius 1 is 0.880 bits per heavy atom. The monoisotopic (exact) mass is 910 g/mol. The molecule has 1 radical (unpaired) electrons. The second-order valence-electron chi connectivity index (χ2n) is 14.9. The summed E-state index contributed by atoms with van der Waals surface area (Å²) < 4.78 is 7.78. The number of aliphatic hydroxyl groups excluding tert-OH is 1. The van der Waals surface area contributed by atoms with Crippen molar-refractivity contribution in [3.63, 3.8) is 0 Å². The molecule has 0 aliphatic carbocycles. The minimum absolute atomic E-state index is 0. The van der Waals surface area contributed by atoms with Crippen molar-refractivity contribution in [2.75, 3.05) is 0 Å². The van der Waals surface area contributed by atoms with E-state index in [4.69, 9.17) is 14.4 Å². The molecule has 0 spiro atoms. The number of aryl methyl sites for hydroxylation is 1. The van der Waals surface area contributed by atoms with Crippen molar-refractivity contribution in [1.29, 1.82) is 0 Å². The van der Waals surface area contributed by atoms with Crippen molar-refractivity contribution in [2.45, 2.75) is 91.4 Å². The Hall–Kier alpha value is -3.32. The number of furan rings is 1. The number of fused-ring (bicyclic) bond motifs is 6. The quantitative estimate of drug-likeness (QED) is 0.0514. The number of carbonyl (C=O) groups is 1. The topological polar surface area (TPSA) is 76.2 Å². The number of rotatable bonds is 9. The molecule has 0 saturated heterocycles. The van der Waals surface area contributed by atoms with E-state index in [9.17, 15) is 9.90 Å². The van der Waals surface area contributed by atoms with Gasteiger partial charge in [0.15, 0.2) is 5.78 Å². The van der Waals surface area contributed by atoms with E-state index in [2.05, 4.69) is 66.7 Å². The summed E-state index contributed by atoms with van der Waals surface area (Å²) in [5, 5.41) is 15.8. The van der Waals surface area contributed by atoms with Crippen LogP contribution >= 0.6 is 0 Å². The summed E-state index contributed by atoms with van der Waals surface area (Å²) in [4.78, 5) is 21.6. The average molecular weight is 909 g/mol.